The van der Waals surface area contributed by atoms with Crippen molar-refractivity contribution in [2.75, 3.05) is 11.9 Å². The number of anilines is 1. The minimum Gasteiger partial charge on any atom is -0.352 e. The third-order valence-electron chi connectivity index (χ3n) is 4.06. The number of carbonyl (C=O) groups excluding carboxylic acids is 2. The maximum absolute atomic E-state index is 12.3. The number of benzene rings is 2. The third-order valence-corrected chi connectivity index (χ3v) is 4.06. The molecule has 0 unspecified atom stereocenters. The third kappa shape index (κ3) is 5.45. The minimum atomic E-state index is -0.185. The molecular formula is C21H26N2O2. The summed E-state index contributed by atoms with van der Waals surface area (Å²) in [4.78, 5) is 24.3. The van der Waals surface area contributed by atoms with Crippen LogP contribution in [0.3, 0.4) is 0 Å². The summed E-state index contributed by atoms with van der Waals surface area (Å²) >= 11 is 0. The zero-order valence-corrected chi connectivity index (χ0v) is 15.1. The van der Waals surface area contributed by atoms with E-state index in [-0.39, 0.29) is 11.8 Å². The number of hydrogen-bond acceptors (Lipinski definition) is 2. The fourth-order valence-electron chi connectivity index (χ4n) is 2.41. The molecule has 0 heterocycles. The number of nitrogens with one attached hydrogen (secondary N) is 2. The monoisotopic (exact) mass is 338 g/mol. The SMILES string of the molecule is CCCCNC(=O)c1ccc(C(=O)Nc2ccc(C(C)C)cc2)cc1. The highest BCUT2D eigenvalue weighted by molar-refractivity contribution is 6.05. The average Bonchev–Trinajstić information content (AvgIpc) is 2.62. The van der Waals surface area contributed by atoms with Crippen LogP contribution < -0.4 is 10.6 Å². The van der Waals surface area contributed by atoms with Gasteiger partial charge in [-0.1, -0.05) is 39.3 Å². The van der Waals surface area contributed by atoms with Crippen LogP contribution in [-0.2, 0) is 0 Å². The fraction of sp³-hybridized carbons (Fsp3) is 0.333. The predicted octanol–water partition coefficient (Wildman–Crippen LogP) is 4.59. The van der Waals surface area contributed by atoms with E-state index in [0.29, 0.717) is 23.6 Å². The first-order valence-corrected chi connectivity index (χ1v) is 8.81. The van der Waals surface area contributed by atoms with Crippen LogP contribution in [0, 0.1) is 0 Å². The van der Waals surface area contributed by atoms with E-state index in [9.17, 15) is 9.59 Å². The first-order valence-electron chi connectivity index (χ1n) is 8.81. The smallest absolute Gasteiger partial charge is 0.255 e. The van der Waals surface area contributed by atoms with Gasteiger partial charge in [0.25, 0.3) is 11.8 Å². The summed E-state index contributed by atoms with van der Waals surface area (Å²) in [6.07, 6.45) is 2.00. The van der Waals surface area contributed by atoms with Crippen molar-refractivity contribution in [1.82, 2.24) is 5.32 Å². The Labute approximate surface area is 149 Å². The Morgan fingerprint density at radius 2 is 1.44 bits per heavy atom. The second kappa shape index (κ2) is 9.02. The molecule has 0 spiro atoms. The summed E-state index contributed by atoms with van der Waals surface area (Å²) in [6, 6.07) is 14.6. The summed E-state index contributed by atoms with van der Waals surface area (Å²) in [7, 11) is 0. The lowest BCUT2D eigenvalue weighted by Gasteiger charge is -2.09. The number of amides is 2. The first kappa shape index (κ1) is 18.7. The van der Waals surface area contributed by atoms with Gasteiger partial charge in [-0.3, -0.25) is 9.59 Å². The number of carbonyl (C=O) groups is 2. The molecule has 2 aromatic rings. The van der Waals surface area contributed by atoms with Gasteiger partial charge in [-0.15, -0.1) is 0 Å². The standard InChI is InChI=1S/C21H26N2O2/c1-4-5-14-22-20(24)17-6-8-18(9-7-17)21(25)23-19-12-10-16(11-13-19)15(2)3/h6-13,15H,4-5,14H2,1-3H3,(H,22,24)(H,23,25). The van der Waals surface area contributed by atoms with Gasteiger partial charge in [0.15, 0.2) is 0 Å². The van der Waals surface area contributed by atoms with Crippen molar-refractivity contribution in [3.63, 3.8) is 0 Å². The van der Waals surface area contributed by atoms with E-state index in [4.69, 9.17) is 0 Å². The minimum absolute atomic E-state index is 0.107. The predicted molar refractivity (Wildman–Crippen MR) is 102 cm³/mol. The maximum Gasteiger partial charge on any atom is 0.255 e. The lowest BCUT2D eigenvalue weighted by Crippen LogP contribution is -2.24. The van der Waals surface area contributed by atoms with Crippen LogP contribution in [0.2, 0.25) is 0 Å². The topological polar surface area (TPSA) is 58.2 Å². The van der Waals surface area contributed by atoms with Crippen molar-refractivity contribution in [3.05, 3.63) is 65.2 Å². The summed E-state index contributed by atoms with van der Waals surface area (Å²) in [5.41, 5.74) is 3.08. The second-order valence-corrected chi connectivity index (χ2v) is 6.42. The molecule has 0 saturated heterocycles. The van der Waals surface area contributed by atoms with Gasteiger partial charge in [0, 0.05) is 23.4 Å². The molecule has 2 amide bonds. The zero-order valence-electron chi connectivity index (χ0n) is 15.1. The Bertz CT molecular complexity index is 704. The first-order chi connectivity index (χ1) is 12.0. The molecule has 0 radical (unpaired) electrons. The van der Waals surface area contributed by atoms with E-state index in [0.717, 1.165) is 18.5 Å². The molecule has 25 heavy (non-hydrogen) atoms. The van der Waals surface area contributed by atoms with Gasteiger partial charge < -0.3 is 10.6 Å². The van der Waals surface area contributed by atoms with E-state index in [1.54, 1.807) is 24.3 Å². The molecule has 2 N–H and O–H groups in total. The Kier molecular flexibility index (Phi) is 6.75. The average molecular weight is 338 g/mol. The lowest BCUT2D eigenvalue weighted by molar-refractivity contribution is 0.0951. The molecule has 2 rings (SSSR count). The summed E-state index contributed by atoms with van der Waals surface area (Å²) in [5, 5.41) is 5.74. The van der Waals surface area contributed by atoms with E-state index < -0.39 is 0 Å². The number of rotatable bonds is 7. The molecule has 132 valence electrons. The molecule has 0 atom stereocenters. The Morgan fingerprint density at radius 1 is 0.880 bits per heavy atom. The van der Waals surface area contributed by atoms with Gasteiger partial charge in [0.05, 0.1) is 0 Å². The molecule has 4 heteroatoms. The fourth-order valence-corrected chi connectivity index (χ4v) is 2.41. The largest absolute Gasteiger partial charge is 0.352 e. The van der Waals surface area contributed by atoms with Crippen molar-refractivity contribution in [2.24, 2.45) is 0 Å². The van der Waals surface area contributed by atoms with E-state index in [2.05, 4.69) is 31.4 Å². The van der Waals surface area contributed by atoms with Gasteiger partial charge in [-0.25, -0.2) is 0 Å². The van der Waals surface area contributed by atoms with Crippen molar-refractivity contribution >= 4 is 17.5 Å². The highest BCUT2D eigenvalue weighted by Crippen LogP contribution is 2.17. The van der Waals surface area contributed by atoms with Crippen molar-refractivity contribution < 1.29 is 9.59 Å². The maximum atomic E-state index is 12.3. The van der Waals surface area contributed by atoms with Crippen LogP contribution in [0.15, 0.2) is 48.5 Å². The highest BCUT2D eigenvalue weighted by Gasteiger charge is 2.09. The molecule has 0 aliphatic heterocycles. The number of hydrogen-bond donors (Lipinski definition) is 2. The lowest BCUT2D eigenvalue weighted by atomic mass is 10.0. The van der Waals surface area contributed by atoms with Crippen molar-refractivity contribution in [3.8, 4) is 0 Å². The van der Waals surface area contributed by atoms with Gasteiger partial charge in [-0.2, -0.15) is 0 Å². The van der Waals surface area contributed by atoms with Crippen LogP contribution in [-0.4, -0.2) is 18.4 Å². The Morgan fingerprint density at radius 3 is 1.96 bits per heavy atom. The van der Waals surface area contributed by atoms with Gasteiger partial charge in [0.1, 0.15) is 0 Å². The van der Waals surface area contributed by atoms with E-state index in [1.165, 1.54) is 5.56 Å². The summed E-state index contributed by atoms with van der Waals surface area (Å²) < 4.78 is 0. The molecule has 0 saturated carbocycles. The van der Waals surface area contributed by atoms with Gasteiger partial charge in [0.2, 0.25) is 0 Å². The van der Waals surface area contributed by atoms with E-state index in [1.807, 2.05) is 24.3 Å². The van der Waals surface area contributed by atoms with Crippen LogP contribution in [0.1, 0.15) is 65.8 Å². The number of unbranched alkanes of at least 4 members (excludes halogenated alkanes) is 1. The second-order valence-electron chi connectivity index (χ2n) is 6.42. The van der Waals surface area contributed by atoms with Crippen LogP contribution >= 0.6 is 0 Å². The molecule has 0 aliphatic rings. The van der Waals surface area contributed by atoms with Crippen LogP contribution in [0.5, 0.6) is 0 Å². The molecule has 0 bridgehead atoms. The van der Waals surface area contributed by atoms with Crippen molar-refractivity contribution in [2.45, 2.75) is 39.5 Å². The normalized spacial score (nSPS) is 10.6. The molecule has 0 fully saturated rings. The van der Waals surface area contributed by atoms with Crippen LogP contribution in [0.4, 0.5) is 5.69 Å². The highest BCUT2D eigenvalue weighted by atomic mass is 16.2. The van der Waals surface area contributed by atoms with E-state index >= 15 is 0 Å². The quantitative estimate of drug-likeness (QED) is 0.725. The van der Waals surface area contributed by atoms with Crippen LogP contribution in [0.25, 0.3) is 0 Å². The molecule has 0 aliphatic carbocycles. The Balaban J connectivity index is 1.96. The molecule has 2 aromatic carbocycles. The molecule has 4 nitrogen and oxygen atoms in total. The van der Waals surface area contributed by atoms with Crippen molar-refractivity contribution in [1.29, 1.82) is 0 Å². The zero-order chi connectivity index (χ0) is 18.2. The van der Waals surface area contributed by atoms with Gasteiger partial charge in [-0.05, 0) is 54.3 Å². The summed E-state index contributed by atoms with van der Waals surface area (Å²) in [5.74, 6) is 0.167. The van der Waals surface area contributed by atoms with Gasteiger partial charge >= 0.3 is 0 Å². The summed E-state index contributed by atoms with van der Waals surface area (Å²) in [6.45, 7) is 7.01. The molecule has 0 aromatic heterocycles. The molecular weight excluding hydrogens is 312 g/mol. The Hall–Kier alpha value is -2.62.